The van der Waals surface area contributed by atoms with E-state index in [0.717, 1.165) is 6.08 Å². The number of alkyl halides is 1. The Labute approximate surface area is 81.3 Å². The van der Waals surface area contributed by atoms with Crippen LogP contribution in [0.15, 0.2) is 11.8 Å². The maximum absolute atomic E-state index is 10.8. The molecule has 2 amide bonds. The second-order valence-electron chi connectivity index (χ2n) is 1.93. The summed E-state index contributed by atoms with van der Waals surface area (Å²) < 4.78 is 4.66. The second-order valence-corrected chi connectivity index (χ2v) is 2.70. The fraction of sp³-hybridized carbons (Fsp3) is 0.167. The number of amides is 2. The fourth-order valence-corrected chi connectivity index (χ4v) is 0.776. The van der Waals surface area contributed by atoms with Gasteiger partial charge in [-0.25, -0.2) is 0 Å². The third-order valence-corrected chi connectivity index (χ3v) is 1.68. The molecule has 1 aliphatic rings. The summed E-state index contributed by atoms with van der Waals surface area (Å²) in [6.07, 6.45) is 0.951. The Morgan fingerprint density at radius 3 is 2.67 bits per heavy atom. The molecule has 0 saturated heterocycles. The Hall–Kier alpha value is -0.920. The summed E-state index contributed by atoms with van der Waals surface area (Å²) >= 11 is 1.79. The van der Waals surface area contributed by atoms with E-state index >= 15 is 0 Å². The van der Waals surface area contributed by atoms with Crippen molar-refractivity contribution in [3.05, 3.63) is 11.8 Å². The van der Waals surface area contributed by atoms with Gasteiger partial charge in [0.05, 0.1) is 10.5 Å². The summed E-state index contributed by atoms with van der Waals surface area (Å²) in [5.74, 6) is -2.01. The molecule has 0 aliphatic carbocycles. The molecule has 5 nitrogen and oxygen atoms in total. The van der Waals surface area contributed by atoms with Crippen LogP contribution in [-0.4, -0.2) is 22.2 Å². The summed E-state index contributed by atoms with van der Waals surface area (Å²) in [6, 6.07) is 0. The summed E-state index contributed by atoms with van der Waals surface area (Å²) in [6.45, 7) is 0. The van der Waals surface area contributed by atoms with Gasteiger partial charge in [0.15, 0.2) is 0 Å². The van der Waals surface area contributed by atoms with Crippen molar-refractivity contribution in [2.75, 3.05) is 4.43 Å². The van der Waals surface area contributed by atoms with Gasteiger partial charge in [0.1, 0.15) is 0 Å². The number of hydrogen-bond donors (Lipinski definition) is 1. The predicted molar refractivity (Wildman–Crippen MR) is 46.2 cm³/mol. The lowest BCUT2D eigenvalue weighted by Gasteiger charge is -1.98. The van der Waals surface area contributed by atoms with Gasteiger partial charge in [0.2, 0.25) is 5.76 Å². The van der Waals surface area contributed by atoms with Crippen LogP contribution in [0.2, 0.25) is 0 Å². The van der Waals surface area contributed by atoms with Crippen molar-refractivity contribution in [2.45, 2.75) is 0 Å². The molecule has 1 aliphatic heterocycles. The SMILES string of the molecule is O=C1C=C(OC(=O)CI)C(=O)N1. The zero-order valence-electron chi connectivity index (χ0n) is 5.80. The highest BCUT2D eigenvalue weighted by atomic mass is 127. The second kappa shape index (κ2) is 3.65. The van der Waals surface area contributed by atoms with Crippen molar-refractivity contribution < 1.29 is 19.1 Å². The van der Waals surface area contributed by atoms with Gasteiger partial charge in [-0.3, -0.25) is 19.7 Å². The minimum absolute atomic E-state index is 0.135. The van der Waals surface area contributed by atoms with E-state index in [2.05, 4.69) is 4.74 Å². The van der Waals surface area contributed by atoms with Crippen LogP contribution in [-0.2, 0) is 19.1 Å². The fourth-order valence-electron chi connectivity index (χ4n) is 0.620. The molecule has 0 atom stereocenters. The maximum Gasteiger partial charge on any atom is 0.321 e. The molecular weight excluding hydrogens is 277 g/mol. The Kier molecular flexibility index (Phi) is 2.79. The van der Waals surface area contributed by atoms with Crippen LogP contribution in [0.5, 0.6) is 0 Å². The molecule has 0 spiro atoms. The molecule has 0 aromatic heterocycles. The van der Waals surface area contributed by atoms with Crippen LogP contribution >= 0.6 is 22.6 Å². The smallest absolute Gasteiger partial charge is 0.321 e. The largest absolute Gasteiger partial charge is 0.420 e. The van der Waals surface area contributed by atoms with Crippen molar-refractivity contribution in [2.24, 2.45) is 0 Å². The summed E-state index contributed by atoms with van der Waals surface area (Å²) in [4.78, 5) is 31.9. The first-order valence-corrected chi connectivity index (χ1v) is 4.49. The van der Waals surface area contributed by atoms with Crippen molar-refractivity contribution in [3.63, 3.8) is 0 Å². The number of imide groups is 1. The summed E-state index contributed by atoms with van der Waals surface area (Å²) in [7, 11) is 0. The Morgan fingerprint density at radius 2 is 2.25 bits per heavy atom. The Morgan fingerprint density at radius 1 is 1.58 bits per heavy atom. The van der Waals surface area contributed by atoms with Gasteiger partial charge in [0.25, 0.3) is 11.8 Å². The molecule has 6 heteroatoms. The molecule has 1 rings (SSSR count). The zero-order valence-corrected chi connectivity index (χ0v) is 7.95. The van der Waals surface area contributed by atoms with E-state index in [1.807, 2.05) is 5.32 Å². The van der Waals surface area contributed by atoms with E-state index in [9.17, 15) is 14.4 Å². The molecule has 0 radical (unpaired) electrons. The zero-order chi connectivity index (χ0) is 9.14. The number of hydrogen-bond acceptors (Lipinski definition) is 4. The molecule has 64 valence electrons. The van der Waals surface area contributed by atoms with Crippen LogP contribution in [0.3, 0.4) is 0 Å². The van der Waals surface area contributed by atoms with Gasteiger partial charge in [-0.05, 0) is 0 Å². The molecule has 0 bridgehead atoms. The monoisotopic (exact) mass is 281 g/mol. The first kappa shape index (κ1) is 9.17. The molecule has 0 aromatic rings. The number of halogens is 1. The number of ether oxygens (including phenoxy) is 1. The molecule has 1 heterocycles. The van der Waals surface area contributed by atoms with Gasteiger partial charge in [0, 0.05) is 0 Å². The van der Waals surface area contributed by atoms with Crippen molar-refractivity contribution >= 4 is 40.4 Å². The highest BCUT2D eigenvalue weighted by Gasteiger charge is 2.24. The highest BCUT2D eigenvalue weighted by Crippen LogP contribution is 2.04. The molecule has 12 heavy (non-hydrogen) atoms. The quantitative estimate of drug-likeness (QED) is 0.321. The lowest BCUT2D eigenvalue weighted by molar-refractivity contribution is -0.139. The predicted octanol–water partition coefficient (Wildman–Crippen LogP) is -0.495. The van der Waals surface area contributed by atoms with E-state index in [0.29, 0.717) is 0 Å². The first-order valence-electron chi connectivity index (χ1n) is 2.97. The van der Waals surface area contributed by atoms with E-state index < -0.39 is 17.8 Å². The standard InChI is InChI=1S/C6H4INO4/c7-2-5(10)12-3-1-4(9)8-6(3)11/h1H,2H2,(H,8,9,11). The molecule has 0 aromatic carbocycles. The number of nitrogens with one attached hydrogen (secondary N) is 1. The highest BCUT2D eigenvalue weighted by molar-refractivity contribution is 14.1. The summed E-state index contributed by atoms with van der Waals surface area (Å²) in [5.41, 5.74) is 0. The first-order chi connectivity index (χ1) is 5.63. The minimum atomic E-state index is -0.668. The molecule has 1 N–H and O–H groups in total. The van der Waals surface area contributed by atoms with Crippen molar-refractivity contribution in [1.29, 1.82) is 0 Å². The van der Waals surface area contributed by atoms with E-state index in [4.69, 9.17) is 0 Å². The average Bonchev–Trinajstić information content (AvgIpc) is 2.30. The lowest BCUT2D eigenvalue weighted by atomic mass is 10.5. The van der Waals surface area contributed by atoms with Crippen molar-refractivity contribution in [3.8, 4) is 0 Å². The van der Waals surface area contributed by atoms with Gasteiger partial charge in [-0.2, -0.15) is 0 Å². The van der Waals surface area contributed by atoms with E-state index in [1.165, 1.54) is 0 Å². The number of carbonyl (C=O) groups excluding carboxylic acids is 3. The van der Waals surface area contributed by atoms with Crippen LogP contribution in [0.25, 0.3) is 0 Å². The van der Waals surface area contributed by atoms with Gasteiger partial charge in [-0.1, -0.05) is 22.6 Å². The number of carbonyl (C=O) groups is 3. The van der Waals surface area contributed by atoms with Gasteiger partial charge >= 0.3 is 5.97 Å². The maximum atomic E-state index is 10.8. The van der Waals surface area contributed by atoms with Crippen molar-refractivity contribution in [1.82, 2.24) is 5.32 Å². The Bertz CT molecular complexity index is 283. The van der Waals surface area contributed by atoms with Crippen LogP contribution in [0.1, 0.15) is 0 Å². The minimum Gasteiger partial charge on any atom is -0.420 e. The number of esters is 1. The van der Waals surface area contributed by atoms with E-state index in [1.54, 1.807) is 22.6 Å². The lowest BCUT2D eigenvalue weighted by Crippen LogP contribution is -2.23. The third kappa shape index (κ3) is 2.03. The normalized spacial score (nSPS) is 15.6. The van der Waals surface area contributed by atoms with Gasteiger partial charge in [-0.15, -0.1) is 0 Å². The van der Waals surface area contributed by atoms with Crippen LogP contribution in [0.4, 0.5) is 0 Å². The average molecular weight is 281 g/mol. The van der Waals surface area contributed by atoms with Crippen LogP contribution < -0.4 is 5.32 Å². The van der Waals surface area contributed by atoms with Crippen LogP contribution in [0, 0.1) is 0 Å². The van der Waals surface area contributed by atoms with E-state index in [-0.39, 0.29) is 10.2 Å². The number of rotatable bonds is 2. The molecule has 0 unspecified atom stereocenters. The summed E-state index contributed by atoms with van der Waals surface area (Å²) in [5, 5.41) is 1.95. The van der Waals surface area contributed by atoms with Gasteiger partial charge < -0.3 is 4.74 Å². The topological polar surface area (TPSA) is 72.5 Å². The molecular formula is C6H4INO4. The Balaban J connectivity index is 2.64. The third-order valence-electron chi connectivity index (χ3n) is 1.06. The molecule has 0 saturated carbocycles. The molecule has 0 fully saturated rings.